The van der Waals surface area contributed by atoms with E-state index in [9.17, 15) is 14.4 Å². The topological polar surface area (TPSA) is 113 Å². The lowest BCUT2D eigenvalue weighted by atomic mass is 10.2. The van der Waals surface area contributed by atoms with E-state index in [1.807, 2.05) is 23.6 Å². The van der Waals surface area contributed by atoms with E-state index in [1.165, 1.54) is 35.4 Å². The molecule has 0 spiro atoms. The Morgan fingerprint density at radius 2 is 1.67 bits per heavy atom. The van der Waals surface area contributed by atoms with Crippen LogP contribution in [0.15, 0.2) is 118 Å². The molecule has 0 saturated carbocycles. The molecule has 11 heteroatoms. The highest BCUT2D eigenvalue weighted by Crippen LogP contribution is 2.30. The van der Waals surface area contributed by atoms with E-state index in [0.29, 0.717) is 32.9 Å². The van der Waals surface area contributed by atoms with Crippen molar-refractivity contribution in [1.29, 1.82) is 0 Å². The summed E-state index contributed by atoms with van der Waals surface area (Å²) >= 11 is 8.92. The number of aromatic nitrogens is 1. The minimum atomic E-state index is -0.518. The lowest BCUT2D eigenvalue weighted by Crippen LogP contribution is -2.30. The predicted molar refractivity (Wildman–Crippen MR) is 168 cm³/mol. The zero-order valence-corrected chi connectivity index (χ0v) is 24.3. The number of amides is 3. The largest absolute Gasteiger partial charge is 0.465 e. The Morgan fingerprint density at radius 3 is 2.40 bits per heavy atom. The number of nitrogens with zero attached hydrogens (tertiary/aromatic N) is 1. The average molecular weight is 615 g/mol. The molecule has 0 atom stereocenters. The number of carbonyl (C=O) groups excluding carboxylic acids is 3. The van der Waals surface area contributed by atoms with Crippen molar-refractivity contribution < 1.29 is 18.8 Å². The SMILES string of the molecule is O=C(CSc1ccc(NC(=O)/C(=C/c2ccco2)NC(=O)c2ccccc2)cc1)Nc1nc(-c2ccccc2Cl)cs1. The highest BCUT2D eigenvalue weighted by molar-refractivity contribution is 8.00. The number of halogens is 1. The van der Waals surface area contributed by atoms with Crippen LogP contribution in [0.25, 0.3) is 17.3 Å². The molecule has 5 rings (SSSR count). The third-order valence-corrected chi connectivity index (χ3v) is 7.84. The predicted octanol–water partition coefficient (Wildman–Crippen LogP) is 7.20. The molecule has 0 aliphatic heterocycles. The third kappa shape index (κ3) is 7.76. The van der Waals surface area contributed by atoms with Crippen LogP contribution in [-0.4, -0.2) is 28.5 Å². The molecule has 0 radical (unpaired) electrons. The first-order valence-corrected chi connectivity index (χ1v) is 14.8. The molecule has 5 aromatic rings. The Kier molecular flexibility index (Phi) is 9.50. The van der Waals surface area contributed by atoms with Crippen LogP contribution >= 0.6 is 34.7 Å². The number of furan rings is 1. The van der Waals surface area contributed by atoms with Gasteiger partial charge >= 0.3 is 0 Å². The van der Waals surface area contributed by atoms with Crippen molar-refractivity contribution in [2.45, 2.75) is 4.90 Å². The summed E-state index contributed by atoms with van der Waals surface area (Å²) in [6.45, 7) is 0. The average Bonchev–Trinajstić information content (AvgIpc) is 3.69. The van der Waals surface area contributed by atoms with Gasteiger partial charge in [-0.25, -0.2) is 4.98 Å². The van der Waals surface area contributed by atoms with E-state index in [1.54, 1.807) is 72.8 Å². The van der Waals surface area contributed by atoms with Crippen LogP contribution in [0.4, 0.5) is 10.8 Å². The van der Waals surface area contributed by atoms with Gasteiger partial charge in [0.1, 0.15) is 11.5 Å². The van der Waals surface area contributed by atoms with Gasteiger partial charge < -0.3 is 20.4 Å². The lowest BCUT2D eigenvalue weighted by Gasteiger charge is -2.11. The lowest BCUT2D eigenvalue weighted by molar-refractivity contribution is -0.114. The Balaban J connectivity index is 1.16. The first-order valence-electron chi connectivity index (χ1n) is 12.6. The number of anilines is 2. The summed E-state index contributed by atoms with van der Waals surface area (Å²) in [5.41, 5.74) is 2.46. The van der Waals surface area contributed by atoms with Crippen molar-refractivity contribution in [3.8, 4) is 11.3 Å². The molecule has 0 bridgehead atoms. The normalized spacial score (nSPS) is 11.1. The number of hydrogen-bond donors (Lipinski definition) is 3. The van der Waals surface area contributed by atoms with Gasteiger partial charge in [-0.05, 0) is 54.6 Å². The molecule has 8 nitrogen and oxygen atoms in total. The van der Waals surface area contributed by atoms with Gasteiger partial charge in [-0.2, -0.15) is 0 Å². The van der Waals surface area contributed by atoms with Gasteiger partial charge in [0.2, 0.25) is 5.91 Å². The van der Waals surface area contributed by atoms with Gasteiger partial charge in [-0.1, -0.05) is 48.0 Å². The zero-order valence-electron chi connectivity index (χ0n) is 21.9. The van der Waals surface area contributed by atoms with Crippen LogP contribution in [0.1, 0.15) is 16.1 Å². The second-order valence-electron chi connectivity index (χ2n) is 8.73. The molecule has 0 aliphatic carbocycles. The Bertz CT molecular complexity index is 1720. The summed E-state index contributed by atoms with van der Waals surface area (Å²) < 4.78 is 5.33. The Hall–Kier alpha value is -4.64. The van der Waals surface area contributed by atoms with E-state index in [-0.39, 0.29) is 17.4 Å². The number of thiazole rings is 1. The van der Waals surface area contributed by atoms with Gasteiger partial charge in [-0.3, -0.25) is 14.4 Å². The van der Waals surface area contributed by atoms with E-state index >= 15 is 0 Å². The smallest absolute Gasteiger partial charge is 0.272 e. The van der Waals surface area contributed by atoms with Gasteiger partial charge in [0.15, 0.2) is 5.13 Å². The molecule has 0 unspecified atom stereocenters. The fourth-order valence-electron chi connectivity index (χ4n) is 3.72. The van der Waals surface area contributed by atoms with E-state index in [4.69, 9.17) is 16.0 Å². The van der Waals surface area contributed by atoms with Gasteiger partial charge in [0.05, 0.1) is 17.7 Å². The first-order chi connectivity index (χ1) is 20.4. The first kappa shape index (κ1) is 28.9. The molecule has 42 heavy (non-hydrogen) atoms. The van der Waals surface area contributed by atoms with Crippen molar-refractivity contribution in [1.82, 2.24) is 10.3 Å². The number of hydrogen-bond acceptors (Lipinski definition) is 7. The minimum Gasteiger partial charge on any atom is -0.465 e. The molecule has 3 amide bonds. The number of nitrogens with one attached hydrogen (secondary N) is 3. The molecular weight excluding hydrogens is 592 g/mol. The Labute approximate surface area is 254 Å². The summed E-state index contributed by atoms with van der Waals surface area (Å²) in [4.78, 5) is 43.6. The maximum Gasteiger partial charge on any atom is 0.272 e. The fourth-order valence-corrected chi connectivity index (χ4v) is 5.38. The second-order valence-corrected chi connectivity index (χ2v) is 11.0. The van der Waals surface area contributed by atoms with Crippen LogP contribution in [0.5, 0.6) is 0 Å². The van der Waals surface area contributed by atoms with E-state index in [2.05, 4.69) is 20.9 Å². The van der Waals surface area contributed by atoms with Crippen LogP contribution in [-0.2, 0) is 9.59 Å². The third-order valence-electron chi connectivity index (χ3n) is 5.74. The van der Waals surface area contributed by atoms with E-state index in [0.717, 1.165) is 10.5 Å². The quantitative estimate of drug-likeness (QED) is 0.113. The zero-order chi connectivity index (χ0) is 29.3. The van der Waals surface area contributed by atoms with Crippen molar-refractivity contribution in [3.05, 3.63) is 125 Å². The van der Waals surface area contributed by atoms with Gasteiger partial charge in [0, 0.05) is 38.2 Å². The van der Waals surface area contributed by atoms with E-state index < -0.39 is 11.8 Å². The summed E-state index contributed by atoms with van der Waals surface area (Å²) in [5.74, 6) is -0.550. The Morgan fingerprint density at radius 1 is 0.905 bits per heavy atom. The number of benzene rings is 3. The maximum atomic E-state index is 13.1. The maximum absolute atomic E-state index is 13.1. The van der Waals surface area contributed by atoms with Crippen molar-refractivity contribution >= 4 is 69.3 Å². The standard InChI is InChI=1S/C31H23ClN4O4S2/c32-25-11-5-4-10-24(25)27-18-42-31(35-27)36-28(37)19-41-23-14-12-21(13-15-23)33-30(39)26(17-22-9-6-16-40-22)34-29(38)20-7-2-1-3-8-20/h1-18H,19H2,(H,33,39)(H,34,38)(H,35,36,37)/b26-17-. The minimum absolute atomic E-state index is 0.0220. The fraction of sp³-hybridized carbons (Fsp3) is 0.0323. The molecule has 210 valence electrons. The molecule has 0 aliphatic rings. The molecular formula is C31H23ClN4O4S2. The van der Waals surface area contributed by atoms with Crippen LogP contribution in [0.3, 0.4) is 0 Å². The summed E-state index contributed by atoms with van der Waals surface area (Å²) in [5, 5.41) is 11.2. The van der Waals surface area contributed by atoms with Crippen LogP contribution in [0, 0.1) is 0 Å². The van der Waals surface area contributed by atoms with Gasteiger partial charge in [0.25, 0.3) is 11.8 Å². The summed E-state index contributed by atoms with van der Waals surface area (Å²) in [7, 11) is 0. The second kappa shape index (κ2) is 13.8. The van der Waals surface area contributed by atoms with Crippen molar-refractivity contribution in [2.75, 3.05) is 16.4 Å². The summed E-state index contributed by atoms with van der Waals surface area (Å²) in [6, 6.07) is 26.4. The monoisotopic (exact) mass is 614 g/mol. The molecule has 3 aromatic carbocycles. The van der Waals surface area contributed by atoms with Crippen LogP contribution < -0.4 is 16.0 Å². The number of carbonyl (C=O) groups is 3. The van der Waals surface area contributed by atoms with Crippen LogP contribution in [0.2, 0.25) is 5.02 Å². The van der Waals surface area contributed by atoms with Crippen molar-refractivity contribution in [2.24, 2.45) is 0 Å². The molecule has 3 N–H and O–H groups in total. The molecule has 2 aromatic heterocycles. The molecule has 0 saturated heterocycles. The number of rotatable bonds is 10. The highest BCUT2D eigenvalue weighted by Gasteiger charge is 2.16. The molecule has 2 heterocycles. The summed E-state index contributed by atoms with van der Waals surface area (Å²) in [6.07, 6.45) is 2.94. The number of thioether (sulfide) groups is 1. The highest BCUT2D eigenvalue weighted by atomic mass is 35.5. The van der Waals surface area contributed by atoms with Crippen molar-refractivity contribution in [3.63, 3.8) is 0 Å². The van der Waals surface area contributed by atoms with Gasteiger partial charge in [-0.15, -0.1) is 23.1 Å². The molecule has 0 fully saturated rings.